The number of hydrogen-bond acceptors (Lipinski definition) is 3. The van der Waals surface area contributed by atoms with Gasteiger partial charge in [-0.05, 0) is 35.4 Å². The van der Waals surface area contributed by atoms with Crippen LogP contribution in [0.2, 0.25) is 0 Å². The van der Waals surface area contributed by atoms with Gasteiger partial charge in [0.15, 0.2) is 0 Å². The first kappa shape index (κ1) is 16.7. The van der Waals surface area contributed by atoms with E-state index in [0.717, 1.165) is 5.56 Å². The summed E-state index contributed by atoms with van der Waals surface area (Å²) in [5.41, 5.74) is 1.93. The van der Waals surface area contributed by atoms with Gasteiger partial charge in [-0.15, -0.1) is 0 Å². The highest BCUT2D eigenvalue weighted by Gasteiger charge is 2.07. The summed E-state index contributed by atoms with van der Waals surface area (Å²) in [5, 5.41) is 20.0. The first-order valence-corrected chi connectivity index (χ1v) is 6.96. The maximum absolute atomic E-state index is 12.8. The fourth-order valence-electron chi connectivity index (χ4n) is 1.86. The summed E-state index contributed by atoms with van der Waals surface area (Å²) in [4.78, 5) is 11.0. The summed E-state index contributed by atoms with van der Waals surface area (Å²) in [7, 11) is 0. The highest BCUT2D eigenvalue weighted by molar-refractivity contribution is 5.71. The average Bonchev–Trinajstić information content (AvgIpc) is 2.54. The van der Waals surface area contributed by atoms with Crippen molar-refractivity contribution in [3.05, 3.63) is 71.0 Å². The third kappa shape index (κ3) is 4.92. The van der Waals surface area contributed by atoms with Crippen LogP contribution in [-0.4, -0.2) is 21.3 Å². The van der Waals surface area contributed by atoms with Crippen molar-refractivity contribution in [2.24, 2.45) is 0 Å². The van der Waals surface area contributed by atoms with Gasteiger partial charge >= 0.3 is 0 Å². The minimum atomic E-state index is -0.980. The minimum absolute atomic E-state index is 0.0764. The maximum atomic E-state index is 12.8. The zero-order valence-electron chi connectivity index (χ0n) is 12.5. The molecule has 0 spiro atoms. The molecule has 0 radical (unpaired) electrons. The van der Waals surface area contributed by atoms with Crippen molar-refractivity contribution in [2.75, 3.05) is 0 Å². The number of amides is 1. The highest BCUT2D eigenvalue weighted by atomic mass is 19.1. The lowest BCUT2D eigenvalue weighted by Crippen LogP contribution is -2.23. The minimum Gasteiger partial charge on any atom is -0.376 e. The van der Waals surface area contributed by atoms with Crippen LogP contribution in [0.5, 0.6) is 0 Å². The molecule has 2 rings (SSSR count). The van der Waals surface area contributed by atoms with Gasteiger partial charge in [-0.2, -0.15) is 0 Å². The number of hydroxylamine groups is 2. The molecule has 23 heavy (non-hydrogen) atoms. The monoisotopic (exact) mass is 313 g/mol. The molecular formula is C18H16FNO3. The van der Waals surface area contributed by atoms with E-state index in [-0.39, 0.29) is 12.4 Å². The van der Waals surface area contributed by atoms with E-state index in [9.17, 15) is 19.5 Å². The number of benzene rings is 2. The smallest absolute Gasteiger partial charge is 0.243 e. The maximum Gasteiger partial charge on any atom is 0.243 e. The summed E-state index contributed by atoms with van der Waals surface area (Å²) in [6, 6.07) is 12.4. The van der Waals surface area contributed by atoms with Crippen LogP contribution in [0.4, 0.5) is 4.39 Å². The van der Waals surface area contributed by atoms with E-state index in [0.29, 0.717) is 16.2 Å². The number of hydrogen-bond donors (Lipinski definition) is 2. The Bertz CT molecular complexity index is 730. The first-order chi connectivity index (χ1) is 11.0. The van der Waals surface area contributed by atoms with Gasteiger partial charge in [0.2, 0.25) is 5.91 Å². The average molecular weight is 313 g/mol. The summed E-state index contributed by atoms with van der Waals surface area (Å²) in [5.74, 6) is 4.67. The Morgan fingerprint density at radius 3 is 2.35 bits per heavy atom. The molecular weight excluding hydrogens is 297 g/mol. The quantitative estimate of drug-likeness (QED) is 0.520. The zero-order valence-corrected chi connectivity index (χ0v) is 12.5. The van der Waals surface area contributed by atoms with Gasteiger partial charge in [0.05, 0.1) is 6.54 Å². The Morgan fingerprint density at radius 1 is 1.17 bits per heavy atom. The van der Waals surface area contributed by atoms with Crippen molar-refractivity contribution in [2.45, 2.75) is 19.6 Å². The van der Waals surface area contributed by atoms with E-state index in [1.807, 2.05) is 0 Å². The van der Waals surface area contributed by atoms with E-state index in [4.69, 9.17) is 0 Å². The molecule has 2 N–H and O–H groups in total. The normalized spacial score (nSPS) is 11.3. The Hall–Kier alpha value is -2.68. The van der Waals surface area contributed by atoms with E-state index in [1.165, 1.54) is 31.2 Å². The second-order valence-electron chi connectivity index (χ2n) is 5.00. The molecule has 0 aromatic heterocycles. The van der Waals surface area contributed by atoms with Crippen molar-refractivity contribution in [1.82, 2.24) is 5.06 Å². The van der Waals surface area contributed by atoms with Crippen LogP contribution in [0, 0.1) is 17.7 Å². The van der Waals surface area contributed by atoms with Gasteiger partial charge in [-0.25, -0.2) is 9.45 Å². The molecule has 0 fully saturated rings. The molecule has 2 aromatic rings. The zero-order chi connectivity index (χ0) is 16.8. The molecule has 0 saturated carbocycles. The predicted octanol–water partition coefficient (Wildman–Crippen LogP) is 2.65. The topological polar surface area (TPSA) is 60.8 Å². The lowest BCUT2D eigenvalue weighted by molar-refractivity contribution is -0.165. The lowest BCUT2D eigenvalue weighted by Gasteiger charge is -2.13. The number of aliphatic hydroxyl groups is 1. The second-order valence-corrected chi connectivity index (χ2v) is 5.00. The largest absolute Gasteiger partial charge is 0.376 e. The fourth-order valence-corrected chi connectivity index (χ4v) is 1.86. The van der Waals surface area contributed by atoms with Crippen LogP contribution >= 0.6 is 0 Å². The standard InChI is InChI=1S/C18H16FNO3/c1-13(21)20(23)12-15-2-7-16(8-3-15)18(22)11-6-14-4-9-17(19)10-5-14/h2-5,7-10,18,22-23H,12H2,1H3. The first-order valence-electron chi connectivity index (χ1n) is 6.96. The van der Waals surface area contributed by atoms with Crippen molar-refractivity contribution in [3.8, 4) is 11.8 Å². The molecule has 1 atom stereocenters. The number of nitrogens with zero attached hydrogens (tertiary/aromatic N) is 1. The molecule has 4 nitrogen and oxygen atoms in total. The Labute approximate surface area is 133 Å². The molecule has 2 aromatic carbocycles. The third-order valence-electron chi connectivity index (χ3n) is 3.19. The van der Waals surface area contributed by atoms with Crippen LogP contribution in [0.15, 0.2) is 48.5 Å². The Morgan fingerprint density at radius 2 is 1.78 bits per heavy atom. The van der Waals surface area contributed by atoms with Gasteiger partial charge in [0.25, 0.3) is 0 Å². The number of carbonyl (C=O) groups is 1. The van der Waals surface area contributed by atoms with Crippen molar-refractivity contribution >= 4 is 5.91 Å². The summed E-state index contributed by atoms with van der Waals surface area (Å²) in [6.45, 7) is 1.34. The van der Waals surface area contributed by atoms with Gasteiger partial charge in [-0.3, -0.25) is 10.0 Å². The van der Waals surface area contributed by atoms with Crippen LogP contribution in [-0.2, 0) is 11.3 Å². The molecule has 0 heterocycles. The molecule has 118 valence electrons. The van der Waals surface area contributed by atoms with Crippen LogP contribution in [0.3, 0.4) is 0 Å². The number of halogens is 1. The van der Waals surface area contributed by atoms with E-state index < -0.39 is 12.0 Å². The predicted molar refractivity (Wildman–Crippen MR) is 82.7 cm³/mol. The lowest BCUT2D eigenvalue weighted by atomic mass is 10.1. The van der Waals surface area contributed by atoms with Gasteiger partial charge in [-0.1, -0.05) is 36.1 Å². The highest BCUT2D eigenvalue weighted by Crippen LogP contribution is 2.14. The molecule has 0 saturated heterocycles. The van der Waals surface area contributed by atoms with Crippen molar-refractivity contribution < 1.29 is 19.5 Å². The fraction of sp³-hybridized carbons (Fsp3) is 0.167. The Balaban J connectivity index is 2.04. The van der Waals surface area contributed by atoms with Gasteiger partial charge < -0.3 is 5.11 Å². The van der Waals surface area contributed by atoms with E-state index >= 15 is 0 Å². The van der Waals surface area contributed by atoms with Crippen LogP contribution in [0.1, 0.15) is 29.7 Å². The van der Waals surface area contributed by atoms with E-state index in [2.05, 4.69) is 11.8 Å². The van der Waals surface area contributed by atoms with Gasteiger partial charge in [0, 0.05) is 12.5 Å². The molecule has 1 unspecified atom stereocenters. The summed E-state index contributed by atoms with van der Waals surface area (Å²) in [6.07, 6.45) is -0.980. The van der Waals surface area contributed by atoms with Crippen LogP contribution in [0.25, 0.3) is 0 Å². The number of carbonyl (C=O) groups excluding carboxylic acids is 1. The third-order valence-corrected chi connectivity index (χ3v) is 3.19. The number of rotatable bonds is 3. The molecule has 0 bridgehead atoms. The summed E-state index contributed by atoms with van der Waals surface area (Å²) < 4.78 is 12.8. The van der Waals surface area contributed by atoms with Crippen LogP contribution < -0.4 is 0 Å². The van der Waals surface area contributed by atoms with Crippen molar-refractivity contribution in [3.63, 3.8) is 0 Å². The second kappa shape index (κ2) is 7.54. The molecule has 0 aliphatic carbocycles. The number of aliphatic hydroxyl groups excluding tert-OH is 1. The van der Waals surface area contributed by atoms with E-state index in [1.54, 1.807) is 24.3 Å². The SMILES string of the molecule is CC(=O)N(O)Cc1ccc(C(O)C#Cc2ccc(F)cc2)cc1. The summed E-state index contributed by atoms with van der Waals surface area (Å²) >= 11 is 0. The molecule has 0 aliphatic rings. The molecule has 1 amide bonds. The van der Waals surface area contributed by atoms with Gasteiger partial charge in [0.1, 0.15) is 11.9 Å². The molecule has 5 heteroatoms. The Kier molecular flexibility index (Phi) is 5.47. The van der Waals surface area contributed by atoms with Crippen molar-refractivity contribution in [1.29, 1.82) is 0 Å². The molecule has 0 aliphatic heterocycles.